The quantitative estimate of drug-likeness (QED) is 0.495. The molecule has 13 heteroatoms. The number of nitrogens with one attached hydrogen (secondary N) is 1. The van der Waals surface area contributed by atoms with Crippen molar-refractivity contribution in [2.24, 2.45) is 5.92 Å². The molecule has 0 radical (unpaired) electrons. The van der Waals surface area contributed by atoms with E-state index in [1.165, 1.54) is 17.0 Å². The van der Waals surface area contributed by atoms with E-state index in [9.17, 15) is 36.3 Å². The first-order valence-electron chi connectivity index (χ1n) is 11.4. The molecule has 1 atom stereocenters. The number of rotatable bonds is 6. The largest absolute Gasteiger partial charge is 0.408 e. The average Bonchev–Trinajstić information content (AvgIpc) is 3.24. The second kappa shape index (κ2) is 9.87. The van der Waals surface area contributed by atoms with E-state index in [4.69, 9.17) is 0 Å². The van der Waals surface area contributed by atoms with E-state index < -0.39 is 58.9 Å². The van der Waals surface area contributed by atoms with Gasteiger partial charge in [0.2, 0.25) is 11.3 Å². The van der Waals surface area contributed by atoms with Gasteiger partial charge in [-0.05, 0) is 30.9 Å². The average molecular weight is 523 g/mol. The van der Waals surface area contributed by atoms with Crippen LogP contribution in [0.5, 0.6) is 0 Å². The number of pyridine rings is 3. The smallest absolute Gasteiger partial charge is 0.340 e. The number of fused-ring (bicyclic) bond motifs is 1. The fourth-order valence-corrected chi connectivity index (χ4v) is 4.12. The molecule has 1 aliphatic heterocycles. The van der Waals surface area contributed by atoms with Crippen molar-refractivity contribution >= 4 is 28.7 Å². The standard InChI is InChI=1S/C24H22F5N5O3/c1-12(2)8-17(24(27,28)29)31-23(37)15-11-34(22-16(26)9-13(25)10-30-22)21-14(20(15)36)5-6-18(32-21)33-7-3-4-19(33)35/h5-6,9-12,17H,3-4,7-8H2,1-2H3,(H,31,37)/t17-/m1/s1. The Morgan fingerprint density at radius 3 is 2.51 bits per heavy atom. The zero-order valence-corrected chi connectivity index (χ0v) is 19.8. The van der Waals surface area contributed by atoms with Gasteiger partial charge < -0.3 is 5.32 Å². The monoisotopic (exact) mass is 523 g/mol. The molecule has 0 aromatic carbocycles. The number of anilines is 1. The van der Waals surface area contributed by atoms with Gasteiger partial charge >= 0.3 is 6.18 Å². The molecule has 37 heavy (non-hydrogen) atoms. The normalized spacial score (nSPS) is 15.0. The van der Waals surface area contributed by atoms with Gasteiger partial charge in [0, 0.05) is 25.2 Å². The van der Waals surface area contributed by atoms with Crippen molar-refractivity contribution in [1.82, 2.24) is 19.9 Å². The van der Waals surface area contributed by atoms with Crippen molar-refractivity contribution in [3.8, 4) is 5.82 Å². The number of nitrogens with zero attached hydrogens (tertiary/aromatic N) is 4. The fourth-order valence-electron chi connectivity index (χ4n) is 4.12. The molecule has 0 unspecified atom stereocenters. The number of carbonyl (C=O) groups is 2. The number of amides is 2. The lowest BCUT2D eigenvalue weighted by Gasteiger charge is -2.23. The summed E-state index contributed by atoms with van der Waals surface area (Å²) in [6.45, 7) is 3.45. The molecule has 0 bridgehead atoms. The van der Waals surface area contributed by atoms with E-state index in [0.717, 1.165) is 10.8 Å². The summed E-state index contributed by atoms with van der Waals surface area (Å²) in [7, 11) is 0. The number of carbonyl (C=O) groups excluding carboxylic acids is 2. The Bertz CT molecular complexity index is 1440. The third-order valence-electron chi connectivity index (χ3n) is 5.85. The Labute approximate surface area is 207 Å². The summed E-state index contributed by atoms with van der Waals surface area (Å²) in [5.41, 5.74) is -1.89. The van der Waals surface area contributed by atoms with Crippen LogP contribution in [0.2, 0.25) is 0 Å². The molecule has 8 nitrogen and oxygen atoms in total. The van der Waals surface area contributed by atoms with E-state index in [0.29, 0.717) is 25.2 Å². The highest BCUT2D eigenvalue weighted by Crippen LogP contribution is 2.27. The molecule has 1 fully saturated rings. The Morgan fingerprint density at radius 1 is 1.19 bits per heavy atom. The number of hydrogen-bond donors (Lipinski definition) is 1. The summed E-state index contributed by atoms with van der Waals surface area (Å²) < 4.78 is 69.7. The van der Waals surface area contributed by atoms with Gasteiger partial charge in [-0.3, -0.25) is 23.9 Å². The molecular formula is C24H22F5N5O3. The molecule has 1 N–H and O–H groups in total. The summed E-state index contributed by atoms with van der Waals surface area (Å²) >= 11 is 0. The lowest BCUT2D eigenvalue weighted by Crippen LogP contribution is -2.47. The van der Waals surface area contributed by atoms with Gasteiger partial charge in [0.1, 0.15) is 23.2 Å². The predicted molar refractivity (Wildman–Crippen MR) is 123 cm³/mol. The number of alkyl halides is 3. The van der Waals surface area contributed by atoms with Crippen molar-refractivity contribution < 1.29 is 31.5 Å². The van der Waals surface area contributed by atoms with Crippen molar-refractivity contribution in [1.29, 1.82) is 0 Å². The molecule has 0 saturated carbocycles. The second-order valence-electron chi connectivity index (χ2n) is 9.09. The van der Waals surface area contributed by atoms with Gasteiger partial charge in [0.15, 0.2) is 17.3 Å². The minimum absolute atomic E-state index is 0.150. The topological polar surface area (TPSA) is 97.2 Å². The molecule has 4 rings (SSSR count). The molecule has 1 aliphatic rings. The summed E-state index contributed by atoms with van der Waals surface area (Å²) in [5.74, 6) is -4.54. The molecule has 0 aliphatic carbocycles. The summed E-state index contributed by atoms with van der Waals surface area (Å²) in [4.78, 5) is 47.7. The minimum atomic E-state index is -4.78. The lowest BCUT2D eigenvalue weighted by molar-refractivity contribution is -0.156. The molecule has 2 amide bonds. The number of aromatic nitrogens is 3. The highest BCUT2D eigenvalue weighted by molar-refractivity contribution is 5.98. The van der Waals surface area contributed by atoms with Gasteiger partial charge in [-0.1, -0.05) is 13.8 Å². The van der Waals surface area contributed by atoms with Gasteiger partial charge in [-0.25, -0.2) is 18.7 Å². The fraction of sp³-hybridized carbons (Fsp3) is 0.375. The van der Waals surface area contributed by atoms with Crippen LogP contribution in [0.25, 0.3) is 16.9 Å². The first-order chi connectivity index (χ1) is 17.4. The van der Waals surface area contributed by atoms with Crippen LogP contribution in [-0.4, -0.2) is 45.1 Å². The van der Waals surface area contributed by atoms with E-state index in [1.54, 1.807) is 13.8 Å². The molecule has 0 spiro atoms. The van der Waals surface area contributed by atoms with Crippen molar-refractivity contribution in [3.05, 3.63) is 58.0 Å². The number of hydrogen-bond acceptors (Lipinski definition) is 5. The third kappa shape index (κ3) is 5.30. The van der Waals surface area contributed by atoms with Crippen LogP contribution in [0.4, 0.5) is 27.8 Å². The summed E-state index contributed by atoms with van der Waals surface area (Å²) in [5, 5.41) is 1.61. The maximum Gasteiger partial charge on any atom is 0.408 e. The van der Waals surface area contributed by atoms with Crippen molar-refractivity contribution in [2.45, 2.75) is 45.3 Å². The van der Waals surface area contributed by atoms with Crippen LogP contribution in [-0.2, 0) is 4.79 Å². The van der Waals surface area contributed by atoms with Crippen LogP contribution in [0.3, 0.4) is 0 Å². The minimum Gasteiger partial charge on any atom is -0.340 e. The van der Waals surface area contributed by atoms with Crippen LogP contribution >= 0.6 is 0 Å². The maximum atomic E-state index is 14.7. The molecule has 196 valence electrons. The van der Waals surface area contributed by atoms with Crippen LogP contribution in [0.1, 0.15) is 43.5 Å². The van der Waals surface area contributed by atoms with Crippen LogP contribution in [0.15, 0.2) is 35.4 Å². The van der Waals surface area contributed by atoms with E-state index in [1.807, 2.05) is 5.32 Å². The van der Waals surface area contributed by atoms with E-state index >= 15 is 0 Å². The molecule has 1 saturated heterocycles. The van der Waals surface area contributed by atoms with E-state index in [2.05, 4.69) is 9.97 Å². The Morgan fingerprint density at radius 2 is 1.92 bits per heavy atom. The molecular weight excluding hydrogens is 501 g/mol. The summed E-state index contributed by atoms with van der Waals surface area (Å²) in [6.07, 6.45) is -2.84. The number of halogens is 5. The molecule has 3 aromatic rings. The van der Waals surface area contributed by atoms with Gasteiger partial charge in [0.25, 0.3) is 5.91 Å². The predicted octanol–water partition coefficient (Wildman–Crippen LogP) is 3.89. The highest BCUT2D eigenvalue weighted by atomic mass is 19.4. The molecule has 3 aromatic heterocycles. The van der Waals surface area contributed by atoms with E-state index in [-0.39, 0.29) is 29.2 Å². The second-order valence-corrected chi connectivity index (χ2v) is 9.09. The van der Waals surface area contributed by atoms with Gasteiger partial charge in [0.05, 0.1) is 11.6 Å². The Kier molecular flexibility index (Phi) is 6.98. The third-order valence-corrected chi connectivity index (χ3v) is 5.85. The maximum absolute atomic E-state index is 14.7. The Balaban J connectivity index is 1.90. The summed E-state index contributed by atoms with van der Waals surface area (Å²) in [6, 6.07) is 0.883. The zero-order chi connectivity index (χ0) is 27.1. The SMILES string of the molecule is CC(C)C[C@@H](NC(=O)c1cn(-c2ncc(F)cc2F)c2nc(N3CCCC3=O)ccc2c1=O)C(F)(F)F. The van der Waals surface area contributed by atoms with Gasteiger partial charge in [-0.2, -0.15) is 13.2 Å². The first-order valence-corrected chi connectivity index (χ1v) is 11.4. The zero-order valence-electron chi connectivity index (χ0n) is 19.8. The highest BCUT2D eigenvalue weighted by Gasteiger charge is 2.41. The van der Waals surface area contributed by atoms with Crippen molar-refractivity contribution in [2.75, 3.05) is 11.4 Å². The van der Waals surface area contributed by atoms with Crippen molar-refractivity contribution in [3.63, 3.8) is 0 Å². The Hall–Kier alpha value is -3.90. The lowest BCUT2D eigenvalue weighted by atomic mass is 10.0. The van der Waals surface area contributed by atoms with Gasteiger partial charge in [-0.15, -0.1) is 0 Å². The van der Waals surface area contributed by atoms with Crippen LogP contribution < -0.4 is 15.6 Å². The first kappa shape index (κ1) is 26.2. The molecule has 4 heterocycles. The van der Waals surface area contributed by atoms with Crippen LogP contribution in [0, 0.1) is 17.6 Å².